The summed E-state index contributed by atoms with van der Waals surface area (Å²) in [7, 11) is 0. The van der Waals surface area contributed by atoms with Gasteiger partial charge in [0.2, 0.25) is 0 Å². The smallest absolute Gasteiger partial charge is 0.0631 e. The van der Waals surface area contributed by atoms with Gasteiger partial charge in [-0.15, -0.1) is 0 Å². The van der Waals surface area contributed by atoms with Crippen LogP contribution in [0.3, 0.4) is 0 Å². The number of hydrogen-bond acceptors (Lipinski definition) is 1. The number of nitrogens with zero attached hydrogens (tertiary/aromatic N) is 1. The average Bonchev–Trinajstić information content (AvgIpc) is 2.04. The van der Waals surface area contributed by atoms with Gasteiger partial charge in [0.15, 0.2) is 0 Å². The summed E-state index contributed by atoms with van der Waals surface area (Å²) in [6, 6.07) is 8.25. The third kappa shape index (κ3) is 2.50. The van der Waals surface area contributed by atoms with Crippen LogP contribution in [-0.2, 0) is 0 Å². The molecule has 0 aliphatic heterocycles. The second-order valence-corrected chi connectivity index (χ2v) is 3.04. The van der Waals surface area contributed by atoms with Crippen molar-refractivity contribution in [3.63, 3.8) is 0 Å². The predicted octanol–water partition coefficient (Wildman–Crippen LogP) is 3.50. The highest BCUT2D eigenvalue weighted by Gasteiger charge is 1.90. The summed E-state index contributed by atoms with van der Waals surface area (Å²) in [6.45, 7) is 6.26. The van der Waals surface area contributed by atoms with Crippen molar-refractivity contribution in [3.8, 4) is 0 Å². The van der Waals surface area contributed by atoms with Gasteiger partial charge in [0, 0.05) is 5.71 Å². The van der Waals surface area contributed by atoms with Gasteiger partial charge in [-0.2, -0.15) is 0 Å². The third-order valence-electron chi connectivity index (χ3n) is 1.83. The first-order valence-corrected chi connectivity index (χ1v) is 4.33. The minimum atomic E-state index is 1.02. The Morgan fingerprint density at radius 1 is 1.42 bits per heavy atom. The largest absolute Gasteiger partial charge is 0.258 e. The van der Waals surface area contributed by atoms with E-state index in [0.29, 0.717) is 0 Å². The molecule has 0 fully saturated rings. The van der Waals surface area contributed by atoms with Crippen LogP contribution >= 0.6 is 0 Å². The number of hydrogen-bond donors (Lipinski definition) is 0. The average molecular weight is 161 g/mol. The number of aryl methyl sites for hydroxylation is 1. The lowest BCUT2D eigenvalue weighted by molar-refractivity contribution is 1.25. The second kappa shape index (κ2) is 4.05. The Morgan fingerprint density at radius 3 is 2.75 bits per heavy atom. The topological polar surface area (TPSA) is 12.4 Å². The van der Waals surface area contributed by atoms with Crippen molar-refractivity contribution in [2.75, 3.05) is 0 Å². The third-order valence-corrected chi connectivity index (χ3v) is 1.83. The van der Waals surface area contributed by atoms with E-state index in [1.807, 2.05) is 12.1 Å². The number of aliphatic imine (C=N–C) groups is 1. The van der Waals surface area contributed by atoms with Crippen LogP contribution in [0.5, 0.6) is 0 Å². The number of rotatable bonds is 2. The van der Waals surface area contributed by atoms with Crippen LogP contribution in [0.4, 0.5) is 5.69 Å². The fourth-order valence-electron chi connectivity index (χ4n) is 0.997. The zero-order valence-electron chi connectivity index (χ0n) is 7.96. The van der Waals surface area contributed by atoms with Gasteiger partial charge in [0.05, 0.1) is 5.69 Å². The molecule has 1 nitrogen and oxygen atoms in total. The molecule has 0 N–H and O–H groups in total. The molecule has 0 heterocycles. The van der Waals surface area contributed by atoms with Gasteiger partial charge in [-0.3, -0.25) is 4.99 Å². The first kappa shape index (κ1) is 8.98. The SMILES string of the molecule is CCC(C)=Nc1cccc(C)c1. The molecule has 0 radical (unpaired) electrons. The van der Waals surface area contributed by atoms with Crippen LogP contribution in [0.2, 0.25) is 0 Å². The molecule has 0 bridgehead atoms. The highest BCUT2D eigenvalue weighted by Crippen LogP contribution is 2.13. The summed E-state index contributed by atoms with van der Waals surface area (Å²) in [5, 5.41) is 0. The van der Waals surface area contributed by atoms with Crippen LogP contribution in [-0.4, -0.2) is 5.71 Å². The molecule has 0 atom stereocenters. The highest BCUT2D eigenvalue weighted by atomic mass is 14.7. The van der Waals surface area contributed by atoms with E-state index in [2.05, 4.69) is 37.9 Å². The molecule has 0 aliphatic rings. The molecular weight excluding hydrogens is 146 g/mol. The summed E-state index contributed by atoms with van der Waals surface area (Å²) in [6.07, 6.45) is 1.02. The second-order valence-electron chi connectivity index (χ2n) is 3.04. The molecule has 0 aliphatic carbocycles. The van der Waals surface area contributed by atoms with Gasteiger partial charge in [-0.05, 0) is 38.0 Å². The maximum atomic E-state index is 4.46. The zero-order chi connectivity index (χ0) is 8.97. The molecule has 0 aromatic heterocycles. The standard InChI is InChI=1S/C11H15N/c1-4-10(3)12-11-7-5-6-9(2)8-11/h5-8H,4H2,1-3H3. The van der Waals surface area contributed by atoms with Gasteiger partial charge < -0.3 is 0 Å². The molecule has 1 heteroatoms. The predicted molar refractivity (Wildman–Crippen MR) is 54.2 cm³/mol. The Bertz CT molecular complexity index is 287. The Labute approximate surface area is 74.2 Å². The molecule has 1 rings (SSSR count). The molecule has 0 saturated carbocycles. The Morgan fingerprint density at radius 2 is 2.17 bits per heavy atom. The lowest BCUT2D eigenvalue weighted by atomic mass is 10.2. The monoisotopic (exact) mass is 161 g/mol. The van der Waals surface area contributed by atoms with Crippen molar-refractivity contribution in [2.45, 2.75) is 27.2 Å². The fourth-order valence-corrected chi connectivity index (χ4v) is 0.997. The molecule has 12 heavy (non-hydrogen) atoms. The highest BCUT2D eigenvalue weighted by molar-refractivity contribution is 5.84. The van der Waals surface area contributed by atoms with Gasteiger partial charge in [0.1, 0.15) is 0 Å². The van der Waals surface area contributed by atoms with Crippen LogP contribution in [0, 0.1) is 6.92 Å². The van der Waals surface area contributed by atoms with Crippen LogP contribution in [0.15, 0.2) is 29.3 Å². The van der Waals surface area contributed by atoms with Crippen LogP contribution in [0.1, 0.15) is 25.8 Å². The van der Waals surface area contributed by atoms with Crippen LogP contribution < -0.4 is 0 Å². The minimum Gasteiger partial charge on any atom is -0.258 e. The molecule has 0 amide bonds. The molecule has 0 unspecified atom stereocenters. The van der Waals surface area contributed by atoms with Crippen molar-refractivity contribution >= 4 is 11.4 Å². The minimum absolute atomic E-state index is 1.02. The van der Waals surface area contributed by atoms with E-state index < -0.39 is 0 Å². The van der Waals surface area contributed by atoms with Gasteiger partial charge in [-0.1, -0.05) is 19.1 Å². The summed E-state index contributed by atoms with van der Waals surface area (Å²) in [5.41, 5.74) is 3.51. The summed E-state index contributed by atoms with van der Waals surface area (Å²) < 4.78 is 0. The Balaban J connectivity index is 2.89. The van der Waals surface area contributed by atoms with E-state index >= 15 is 0 Å². The normalized spacial score (nSPS) is 11.8. The van der Waals surface area contributed by atoms with Gasteiger partial charge in [0.25, 0.3) is 0 Å². The van der Waals surface area contributed by atoms with Crippen molar-refractivity contribution in [3.05, 3.63) is 29.8 Å². The summed E-state index contributed by atoms with van der Waals surface area (Å²) in [5.74, 6) is 0. The van der Waals surface area contributed by atoms with E-state index in [-0.39, 0.29) is 0 Å². The molecule has 1 aromatic carbocycles. The maximum Gasteiger partial charge on any atom is 0.0631 e. The van der Waals surface area contributed by atoms with E-state index in [4.69, 9.17) is 0 Å². The lowest BCUT2D eigenvalue weighted by Crippen LogP contribution is -1.85. The molecule has 1 aromatic rings. The summed E-state index contributed by atoms with van der Waals surface area (Å²) in [4.78, 5) is 4.46. The van der Waals surface area contributed by atoms with Crippen molar-refractivity contribution in [1.29, 1.82) is 0 Å². The van der Waals surface area contributed by atoms with Crippen molar-refractivity contribution < 1.29 is 0 Å². The fraction of sp³-hybridized carbons (Fsp3) is 0.364. The van der Waals surface area contributed by atoms with E-state index in [1.54, 1.807) is 0 Å². The molecular formula is C11H15N. The lowest BCUT2D eigenvalue weighted by Gasteiger charge is -1.97. The van der Waals surface area contributed by atoms with Crippen LogP contribution in [0.25, 0.3) is 0 Å². The van der Waals surface area contributed by atoms with E-state index in [9.17, 15) is 0 Å². The molecule has 0 saturated heterocycles. The first-order valence-electron chi connectivity index (χ1n) is 4.33. The number of benzene rings is 1. The van der Waals surface area contributed by atoms with Gasteiger partial charge in [-0.25, -0.2) is 0 Å². The van der Waals surface area contributed by atoms with E-state index in [1.165, 1.54) is 11.3 Å². The Kier molecular flexibility index (Phi) is 3.03. The zero-order valence-corrected chi connectivity index (χ0v) is 7.96. The van der Waals surface area contributed by atoms with Crippen molar-refractivity contribution in [2.24, 2.45) is 4.99 Å². The van der Waals surface area contributed by atoms with Crippen molar-refractivity contribution in [1.82, 2.24) is 0 Å². The van der Waals surface area contributed by atoms with E-state index in [0.717, 1.165) is 12.1 Å². The first-order chi connectivity index (χ1) is 5.72. The molecule has 0 spiro atoms. The summed E-state index contributed by atoms with van der Waals surface area (Å²) >= 11 is 0. The maximum absolute atomic E-state index is 4.46. The quantitative estimate of drug-likeness (QED) is 0.589. The molecule has 64 valence electrons. The Hall–Kier alpha value is -1.11. The van der Waals surface area contributed by atoms with Gasteiger partial charge >= 0.3 is 0 Å².